The summed E-state index contributed by atoms with van der Waals surface area (Å²) in [6, 6.07) is 16.6. The molecule has 2 aromatic carbocycles. The van der Waals surface area contributed by atoms with E-state index >= 15 is 0 Å². The first-order valence-electron chi connectivity index (χ1n) is 5.19. The maximum Gasteiger partial charge on any atom is 0.0181 e. The first-order chi connectivity index (χ1) is 7.66. The smallest absolute Gasteiger partial charge is 0.0181 e. The fourth-order valence-corrected chi connectivity index (χ4v) is 2.07. The third kappa shape index (κ3) is 2.42. The molecular weight excluding hydrogens is 260 g/mol. The number of aryl methyl sites for hydroxylation is 1. The summed E-state index contributed by atoms with van der Waals surface area (Å²) in [5.74, 6) is 0. The molecule has 0 aromatic heterocycles. The van der Waals surface area contributed by atoms with E-state index in [2.05, 4.69) is 65.8 Å². The van der Waals surface area contributed by atoms with Crippen LogP contribution in [0.15, 0.2) is 59.6 Å². The van der Waals surface area contributed by atoms with Crippen molar-refractivity contribution < 1.29 is 0 Å². The number of benzene rings is 2. The molecule has 0 spiro atoms. The molecule has 0 unspecified atom stereocenters. The van der Waals surface area contributed by atoms with Crippen molar-refractivity contribution >= 4 is 21.5 Å². The molecule has 0 saturated carbocycles. The van der Waals surface area contributed by atoms with Gasteiger partial charge in [-0.3, -0.25) is 0 Å². The predicted octanol–water partition coefficient (Wildman–Crippen LogP) is 4.82. The monoisotopic (exact) mass is 272 g/mol. The highest BCUT2D eigenvalue weighted by molar-refractivity contribution is 9.10. The van der Waals surface area contributed by atoms with Crippen molar-refractivity contribution in [1.29, 1.82) is 0 Å². The summed E-state index contributed by atoms with van der Waals surface area (Å²) in [5.41, 5.74) is 4.65. The molecule has 0 radical (unpaired) electrons. The zero-order valence-corrected chi connectivity index (χ0v) is 10.8. The summed E-state index contributed by atoms with van der Waals surface area (Å²) in [6.07, 6.45) is 0. The predicted molar refractivity (Wildman–Crippen MR) is 73.5 cm³/mol. The normalized spacial score (nSPS) is 10.1. The fraction of sp³-hybridized carbons (Fsp3) is 0.0667. The van der Waals surface area contributed by atoms with Crippen LogP contribution >= 0.6 is 15.9 Å². The second kappa shape index (κ2) is 4.67. The average Bonchev–Trinajstić information content (AvgIpc) is 2.28. The van der Waals surface area contributed by atoms with E-state index in [4.69, 9.17) is 0 Å². The van der Waals surface area contributed by atoms with Crippen LogP contribution in [0, 0.1) is 6.92 Å². The Labute approximate surface area is 105 Å². The van der Waals surface area contributed by atoms with Crippen molar-refractivity contribution in [2.75, 3.05) is 0 Å². The zero-order valence-electron chi connectivity index (χ0n) is 9.20. The Morgan fingerprint density at radius 2 is 1.62 bits per heavy atom. The second-order valence-electron chi connectivity index (χ2n) is 3.86. The molecule has 0 heterocycles. The average molecular weight is 273 g/mol. The molecule has 16 heavy (non-hydrogen) atoms. The van der Waals surface area contributed by atoms with Gasteiger partial charge in [-0.2, -0.15) is 0 Å². The van der Waals surface area contributed by atoms with E-state index in [1.807, 2.05) is 12.1 Å². The lowest BCUT2D eigenvalue weighted by molar-refractivity contribution is 1.44. The summed E-state index contributed by atoms with van der Waals surface area (Å²) in [6.45, 7) is 6.25. The van der Waals surface area contributed by atoms with Gasteiger partial charge in [0.15, 0.2) is 0 Å². The molecule has 0 aliphatic heterocycles. The summed E-state index contributed by atoms with van der Waals surface area (Å²) < 4.78 is 1.08. The molecule has 0 fully saturated rings. The zero-order chi connectivity index (χ0) is 11.5. The first-order valence-corrected chi connectivity index (χ1v) is 5.98. The lowest BCUT2D eigenvalue weighted by Crippen LogP contribution is -1.86. The quantitative estimate of drug-likeness (QED) is 0.736. The van der Waals surface area contributed by atoms with E-state index in [1.54, 1.807) is 0 Å². The van der Waals surface area contributed by atoms with E-state index in [0.717, 1.165) is 15.6 Å². The van der Waals surface area contributed by atoms with Gasteiger partial charge in [0.1, 0.15) is 0 Å². The van der Waals surface area contributed by atoms with Gasteiger partial charge in [-0.1, -0.05) is 64.5 Å². The Kier molecular flexibility index (Phi) is 3.25. The molecule has 0 nitrogen and oxygen atoms in total. The molecule has 0 aliphatic rings. The molecular formula is C15H13Br. The molecule has 2 aromatic rings. The van der Waals surface area contributed by atoms with Crippen molar-refractivity contribution in [2.45, 2.75) is 6.92 Å². The SMILES string of the molecule is C=C(c1cccc(C)c1)c1cccc(Br)c1. The summed E-state index contributed by atoms with van der Waals surface area (Å²) in [7, 11) is 0. The standard InChI is InChI=1S/C15H13Br/c1-11-5-3-6-13(9-11)12(2)14-7-4-8-15(16)10-14/h3-10H,2H2,1H3. The van der Waals surface area contributed by atoms with Gasteiger partial charge >= 0.3 is 0 Å². The molecule has 0 saturated heterocycles. The summed E-state index contributed by atoms with van der Waals surface area (Å²) in [4.78, 5) is 0. The van der Waals surface area contributed by atoms with Gasteiger partial charge < -0.3 is 0 Å². The van der Waals surface area contributed by atoms with Crippen LogP contribution in [0.3, 0.4) is 0 Å². The van der Waals surface area contributed by atoms with Gasteiger partial charge in [-0.25, -0.2) is 0 Å². The topological polar surface area (TPSA) is 0 Å². The molecule has 0 amide bonds. The van der Waals surface area contributed by atoms with Gasteiger partial charge in [0.25, 0.3) is 0 Å². The first kappa shape index (κ1) is 11.2. The lowest BCUT2D eigenvalue weighted by atomic mass is 9.98. The molecule has 0 N–H and O–H groups in total. The van der Waals surface area contributed by atoms with E-state index in [1.165, 1.54) is 11.1 Å². The molecule has 2 rings (SSSR count). The lowest BCUT2D eigenvalue weighted by Gasteiger charge is -2.07. The Bertz CT molecular complexity index is 479. The van der Waals surface area contributed by atoms with E-state index in [0.29, 0.717) is 0 Å². The third-order valence-electron chi connectivity index (χ3n) is 2.54. The van der Waals surface area contributed by atoms with Crippen LogP contribution in [0.4, 0.5) is 0 Å². The van der Waals surface area contributed by atoms with E-state index < -0.39 is 0 Å². The van der Waals surface area contributed by atoms with Gasteiger partial charge in [-0.15, -0.1) is 0 Å². The van der Waals surface area contributed by atoms with Crippen LogP contribution in [0.25, 0.3) is 5.57 Å². The van der Waals surface area contributed by atoms with E-state index in [-0.39, 0.29) is 0 Å². The molecule has 0 bridgehead atoms. The van der Waals surface area contributed by atoms with Crippen molar-refractivity contribution in [1.82, 2.24) is 0 Å². The maximum atomic E-state index is 4.16. The number of rotatable bonds is 2. The minimum atomic E-state index is 1.06. The van der Waals surface area contributed by atoms with Crippen molar-refractivity contribution in [2.24, 2.45) is 0 Å². The molecule has 80 valence electrons. The number of halogens is 1. The van der Waals surface area contributed by atoms with Gasteiger partial charge in [0, 0.05) is 4.47 Å². The van der Waals surface area contributed by atoms with Crippen molar-refractivity contribution in [3.63, 3.8) is 0 Å². The summed E-state index contributed by atoms with van der Waals surface area (Å²) >= 11 is 3.48. The Hall–Kier alpha value is -1.34. The Morgan fingerprint density at radius 3 is 2.25 bits per heavy atom. The van der Waals surface area contributed by atoms with Crippen LogP contribution < -0.4 is 0 Å². The van der Waals surface area contributed by atoms with Crippen molar-refractivity contribution in [3.05, 3.63) is 76.3 Å². The van der Waals surface area contributed by atoms with Crippen LogP contribution in [0.5, 0.6) is 0 Å². The third-order valence-corrected chi connectivity index (χ3v) is 3.03. The van der Waals surface area contributed by atoms with Crippen molar-refractivity contribution in [3.8, 4) is 0 Å². The Balaban J connectivity index is 2.39. The Morgan fingerprint density at radius 1 is 1.00 bits per heavy atom. The van der Waals surface area contributed by atoms with Gasteiger partial charge in [0.2, 0.25) is 0 Å². The van der Waals surface area contributed by atoms with Crippen LogP contribution in [0.1, 0.15) is 16.7 Å². The highest BCUT2D eigenvalue weighted by Crippen LogP contribution is 2.24. The van der Waals surface area contributed by atoms with E-state index in [9.17, 15) is 0 Å². The summed E-state index contributed by atoms with van der Waals surface area (Å²) in [5, 5.41) is 0. The van der Waals surface area contributed by atoms with Gasteiger partial charge in [0.05, 0.1) is 0 Å². The number of hydrogen-bond donors (Lipinski definition) is 0. The molecule has 1 heteroatoms. The van der Waals surface area contributed by atoms with Crippen LogP contribution in [-0.2, 0) is 0 Å². The fourth-order valence-electron chi connectivity index (χ4n) is 1.68. The second-order valence-corrected chi connectivity index (χ2v) is 4.77. The largest absolute Gasteiger partial charge is 0.0906 e. The molecule has 0 atom stereocenters. The highest BCUT2D eigenvalue weighted by Gasteiger charge is 2.02. The van der Waals surface area contributed by atoms with Crippen LogP contribution in [-0.4, -0.2) is 0 Å². The minimum absolute atomic E-state index is 1.06. The van der Waals surface area contributed by atoms with Crippen LogP contribution in [0.2, 0.25) is 0 Å². The number of hydrogen-bond acceptors (Lipinski definition) is 0. The maximum absolute atomic E-state index is 4.16. The highest BCUT2D eigenvalue weighted by atomic mass is 79.9. The van der Waals surface area contributed by atoms with Gasteiger partial charge in [-0.05, 0) is 35.8 Å². The molecule has 0 aliphatic carbocycles. The minimum Gasteiger partial charge on any atom is -0.0906 e.